The highest BCUT2D eigenvalue weighted by molar-refractivity contribution is 14.0. The second kappa shape index (κ2) is 11.1. The lowest BCUT2D eigenvalue weighted by Crippen LogP contribution is -2.38. The lowest BCUT2D eigenvalue weighted by atomic mass is 10.2. The van der Waals surface area contributed by atoms with E-state index in [2.05, 4.69) is 15.6 Å². The fourth-order valence-corrected chi connectivity index (χ4v) is 1.66. The fraction of sp³-hybridized carbons (Fsp3) is 0.467. The number of nitrogens with zero attached hydrogens (tertiary/aromatic N) is 2. The van der Waals surface area contributed by atoms with Crippen molar-refractivity contribution >= 4 is 35.8 Å². The number of carbonyl (C=O) groups excluding carboxylic acids is 1. The predicted octanol–water partition coefficient (Wildman–Crippen LogP) is 1.46. The number of ether oxygens (including phenoxy) is 1. The molecule has 1 aromatic carbocycles. The molecule has 6 nitrogen and oxygen atoms in total. The number of benzene rings is 1. The third-order valence-electron chi connectivity index (χ3n) is 2.97. The number of hydrogen-bond donors (Lipinski definition) is 2. The van der Waals surface area contributed by atoms with Gasteiger partial charge in [-0.2, -0.15) is 0 Å². The highest BCUT2D eigenvalue weighted by atomic mass is 127. The van der Waals surface area contributed by atoms with Crippen molar-refractivity contribution < 1.29 is 9.53 Å². The van der Waals surface area contributed by atoms with E-state index in [9.17, 15) is 4.79 Å². The van der Waals surface area contributed by atoms with Crippen molar-refractivity contribution in [1.82, 2.24) is 15.5 Å². The van der Waals surface area contributed by atoms with Crippen molar-refractivity contribution in [2.75, 3.05) is 34.8 Å². The zero-order valence-corrected chi connectivity index (χ0v) is 15.9. The Bertz CT molecular complexity index is 475. The quantitative estimate of drug-likeness (QED) is 0.416. The van der Waals surface area contributed by atoms with Gasteiger partial charge in [-0.3, -0.25) is 9.79 Å². The molecule has 0 radical (unpaired) electrons. The van der Waals surface area contributed by atoms with Crippen LogP contribution in [0.1, 0.15) is 12.0 Å². The number of methoxy groups -OCH3 is 1. The second-order valence-corrected chi connectivity index (χ2v) is 4.74. The van der Waals surface area contributed by atoms with Crippen molar-refractivity contribution in [3.8, 4) is 5.75 Å². The van der Waals surface area contributed by atoms with E-state index >= 15 is 0 Å². The molecule has 0 heterocycles. The Morgan fingerprint density at radius 1 is 1.23 bits per heavy atom. The molecule has 0 aliphatic heterocycles. The van der Waals surface area contributed by atoms with Gasteiger partial charge in [0.25, 0.3) is 0 Å². The summed E-state index contributed by atoms with van der Waals surface area (Å²) in [5, 5.41) is 6.31. The van der Waals surface area contributed by atoms with Crippen LogP contribution < -0.4 is 15.4 Å². The number of halogens is 1. The number of amides is 1. The summed E-state index contributed by atoms with van der Waals surface area (Å²) >= 11 is 0. The molecule has 1 aromatic rings. The van der Waals surface area contributed by atoms with E-state index in [1.807, 2.05) is 24.3 Å². The van der Waals surface area contributed by atoms with Crippen LogP contribution in [0.15, 0.2) is 29.3 Å². The zero-order chi connectivity index (χ0) is 15.7. The number of aliphatic imine (C=N–C) groups is 1. The highest BCUT2D eigenvalue weighted by Gasteiger charge is 2.04. The molecule has 0 spiro atoms. The van der Waals surface area contributed by atoms with E-state index in [4.69, 9.17) is 4.74 Å². The Balaban J connectivity index is 0.00000441. The van der Waals surface area contributed by atoms with Crippen molar-refractivity contribution in [1.29, 1.82) is 0 Å². The summed E-state index contributed by atoms with van der Waals surface area (Å²) in [5.74, 6) is 1.61. The molecule has 1 rings (SSSR count). The first-order valence-electron chi connectivity index (χ1n) is 6.84. The van der Waals surface area contributed by atoms with Crippen molar-refractivity contribution in [3.63, 3.8) is 0 Å². The summed E-state index contributed by atoms with van der Waals surface area (Å²) in [6.07, 6.45) is 0.441. The lowest BCUT2D eigenvalue weighted by Gasteiger charge is -2.13. The van der Waals surface area contributed by atoms with Gasteiger partial charge in [0, 0.05) is 40.7 Å². The molecule has 124 valence electrons. The lowest BCUT2D eigenvalue weighted by molar-refractivity contribution is -0.128. The normalized spacial score (nSPS) is 10.5. The molecule has 0 bridgehead atoms. The third-order valence-corrected chi connectivity index (χ3v) is 2.97. The van der Waals surface area contributed by atoms with Crippen molar-refractivity contribution in [2.45, 2.75) is 13.0 Å². The molecule has 1 amide bonds. The van der Waals surface area contributed by atoms with E-state index in [0.29, 0.717) is 25.5 Å². The molecule has 2 N–H and O–H groups in total. The topological polar surface area (TPSA) is 66.0 Å². The molecule has 0 saturated heterocycles. The van der Waals surface area contributed by atoms with Gasteiger partial charge in [0.2, 0.25) is 5.91 Å². The van der Waals surface area contributed by atoms with Gasteiger partial charge in [0.05, 0.1) is 7.11 Å². The van der Waals surface area contributed by atoms with Crippen LogP contribution in [0.4, 0.5) is 0 Å². The molecule has 0 atom stereocenters. The van der Waals surface area contributed by atoms with Crippen LogP contribution in [0.3, 0.4) is 0 Å². The van der Waals surface area contributed by atoms with E-state index in [0.717, 1.165) is 11.3 Å². The molecular formula is C15H25IN4O2. The molecule has 0 aromatic heterocycles. The van der Waals surface area contributed by atoms with Crippen LogP contribution in [-0.4, -0.2) is 51.6 Å². The van der Waals surface area contributed by atoms with Crippen LogP contribution in [-0.2, 0) is 11.3 Å². The Labute approximate surface area is 149 Å². The SMILES string of the molecule is CN=C(NCCC(=O)N(C)C)NCc1ccc(OC)cc1.I. The molecule has 0 unspecified atom stereocenters. The van der Waals surface area contributed by atoms with Gasteiger partial charge in [-0.15, -0.1) is 24.0 Å². The van der Waals surface area contributed by atoms with Crippen molar-refractivity contribution in [2.24, 2.45) is 4.99 Å². The fourth-order valence-electron chi connectivity index (χ4n) is 1.66. The minimum Gasteiger partial charge on any atom is -0.497 e. The zero-order valence-electron chi connectivity index (χ0n) is 13.5. The minimum atomic E-state index is 0. The number of carbonyl (C=O) groups is 1. The van der Waals surface area contributed by atoms with Crippen molar-refractivity contribution in [3.05, 3.63) is 29.8 Å². The second-order valence-electron chi connectivity index (χ2n) is 4.74. The Hall–Kier alpha value is -1.51. The summed E-state index contributed by atoms with van der Waals surface area (Å²) in [4.78, 5) is 17.2. The van der Waals surface area contributed by atoms with E-state index in [-0.39, 0.29) is 29.9 Å². The first-order chi connectivity index (χ1) is 10.1. The van der Waals surface area contributed by atoms with Gasteiger partial charge in [-0.25, -0.2) is 0 Å². The van der Waals surface area contributed by atoms with Crippen LogP contribution >= 0.6 is 24.0 Å². The van der Waals surface area contributed by atoms with E-state index < -0.39 is 0 Å². The number of hydrogen-bond acceptors (Lipinski definition) is 3. The molecular weight excluding hydrogens is 395 g/mol. The number of nitrogens with one attached hydrogen (secondary N) is 2. The summed E-state index contributed by atoms with van der Waals surface area (Å²) in [6, 6.07) is 7.83. The molecule has 0 saturated carbocycles. The van der Waals surface area contributed by atoms with Crippen LogP contribution in [0, 0.1) is 0 Å². The molecule has 0 fully saturated rings. The van der Waals surface area contributed by atoms with Crippen LogP contribution in [0.2, 0.25) is 0 Å². The molecule has 7 heteroatoms. The van der Waals surface area contributed by atoms with Gasteiger partial charge < -0.3 is 20.3 Å². The van der Waals surface area contributed by atoms with Gasteiger partial charge >= 0.3 is 0 Å². The molecule has 0 aliphatic carbocycles. The van der Waals surface area contributed by atoms with Gasteiger partial charge in [0.1, 0.15) is 5.75 Å². The maximum absolute atomic E-state index is 11.5. The molecule has 0 aliphatic rings. The summed E-state index contributed by atoms with van der Waals surface area (Å²) in [6.45, 7) is 1.21. The van der Waals surface area contributed by atoms with E-state index in [1.165, 1.54) is 0 Å². The average molecular weight is 420 g/mol. The predicted molar refractivity (Wildman–Crippen MR) is 99.9 cm³/mol. The summed E-state index contributed by atoms with van der Waals surface area (Å²) < 4.78 is 5.12. The average Bonchev–Trinajstić information content (AvgIpc) is 2.50. The van der Waals surface area contributed by atoms with Crippen LogP contribution in [0.5, 0.6) is 5.75 Å². The van der Waals surface area contributed by atoms with Gasteiger partial charge in [0.15, 0.2) is 5.96 Å². The first-order valence-corrected chi connectivity index (χ1v) is 6.84. The number of rotatable bonds is 6. The summed E-state index contributed by atoms with van der Waals surface area (Å²) in [7, 11) is 6.85. The maximum Gasteiger partial charge on any atom is 0.223 e. The monoisotopic (exact) mass is 420 g/mol. The maximum atomic E-state index is 11.5. The first kappa shape index (κ1) is 20.5. The standard InChI is InChI=1S/C15H24N4O2.HI/c1-16-15(17-10-9-14(20)19(2)3)18-11-12-5-7-13(21-4)8-6-12;/h5-8H,9-11H2,1-4H3,(H2,16,17,18);1H. The Morgan fingerprint density at radius 2 is 1.86 bits per heavy atom. The van der Waals surface area contributed by atoms with Crippen LogP contribution in [0.25, 0.3) is 0 Å². The van der Waals surface area contributed by atoms with Gasteiger partial charge in [-0.1, -0.05) is 12.1 Å². The Kier molecular flexibility index (Phi) is 10.3. The largest absolute Gasteiger partial charge is 0.497 e. The molecule has 22 heavy (non-hydrogen) atoms. The number of guanidine groups is 1. The minimum absolute atomic E-state index is 0. The Morgan fingerprint density at radius 3 is 2.36 bits per heavy atom. The van der Waals surface area contributed by atoms with E-state index in [1.54, 1.807) is 33.2 Å². The smallest absolute Gasteiger partial charge is 0.223 e. The third kappa shape index (κ3) is 7.48. The highest BCUT2D eigenvalue weighted by Crippen LogP contribution is 2.10. The van der Waals surface area contributed by atoms with Gasteiger partial charge in [-0.05, 0) is 17.7 Å². The summed E-state index contributed by atoms with van der Waals surface area (Å²) in [5.41, 5.74) is 1.13.